The van der Waals surface area contributed by atoms with Gasteiger partial charge in [0, 0.05) is 6.04 Å². The van der Waals surface area contributed by atoms with Crippen molar-refractivity contribution in [2.45, 2.75) is 63.0 Å². The molecule has 0 radical (unpaired) electrons. The Bertz CT molecular complexity index is 189. The third-order valence-electron chi connectivity index (χ3n) is 4.15. The summed E-state index contributed by atoms with van der Waals surface area (Å²) >= 11 is 0. The fourth-order valence-electron chi connectivity index (χ4n) is 2.78. The Labute approximate surface area is 87.3 Å². The van der Waals surface area contributed by atoms with Gasteiger partial charge < -0.3 is 10.0 Å². The molecule has 2 fully saturated rings. The van der Waals surface area contributed by atoms with Crippen molar-refractivity contribution < 1.29 is 5.11 Å². The van der Waals surface area contributed by atoms with Gasteiger partial charge in [-0.3, -0.25) is 0 Å². The lowest BCUT2D eigenvalue weighted by Gasteiger charge is -2.40. The average Bonchev–Trinajstić information content (AvgIpc) is 2.14. The van der Waals surface area contributed by atoms with Crippen LogP contribution in [0.1, 0.15) is 51.4 Å². The number of aliphatic hydroxyl groups is 1. The van der Waals surface area contributed by atoms with E-state index in [2.05, 4.69) is 11.9 Å². The van der Waals surface area contributed by atoms with Gasteiger partial charge >= 0.3 is 0 Å². The predicted molar refractivity (Wildman–Crippen MR) is 58.3 cm³/mol. The minimum atomic E-state index is -0.266. The summed E-state index contributed by atoms with van der Waals surface area (Å²) < 4.78 is 0. The molecule has 0 aromatic heterocycles. The Kier molecular flexibility index (Phi) is 3.13. The fourth-order valence-corrected chi connectivity index (χ4v) is 2.78. The lowest BCUT2D eigenvalue weighted by Crippen LogP contribution is -2.41. The maximum atomic E-state index is 10.0. The van der Waals surface area contributed by atoms with Crippen molar-refractivity contribution in [3.8, 4) is 0 Å². The maximum Gasteiger partial charge on any atom is 0.0648 e. The first kappa shape index (κ1) is 10.4. The van der Waals surface area contributed by atoms with Gasteiger partial charge in [0.15, 0.2) is 0 Å². The molecule has 82 valence electrons. The smallest absolute Gasteiger partial charge is 0.0648 e. The topological polar surface area (TPSA) is 23.5 Å². The minimum absolute atomic E-state index is 0.266. The van der Waals surface area contributed by atoms with Crippen LogP contribution in [0.5, 0.6) is 0 Å². The van der Waals surface area contributed by atoms with E-state index >= 15 is 0 Å². The zero-order valence-electron chi connectivity index (χ0n) is 9.34. The van der Waals surface area contributed by atoms with Crippen LogP contribution in [0.4, 0.5) is 0 Å². The summed E-state index contributed by atoms with van der Waals surface area (Å²) in [5, 5.41) is 10.0. The largest absolute Gasteiger partial charge is 0.390 e. The van der Waals surface area contributed by atoms with Gasteiger partial charge in [0.2, 0.25) is 0 Å². The predicted octanol–water partition coefficient (Wildman–Crippen LogP) is 2.17. The lowest BCUT2D eigenvalue weighted by molar-refractivity contribution is -0.0471. The number of piperidine rings is 1. The molecule has 1 aliphatic heterocycles. The molecule has 2 aliphatic rings. The van der Waals surface area contributed by atoms with Crippen LogP contribution < -0.4 is 0 Å². The van der Waals surface area contributed by atoms with Crippen LogP contribution >= 0.6 is 0 Å². The molecule has 2 heteroatoms. The molecule has 1 atom stereocenters. The van der Waals surface area contributed by atoms with Crippen LogP contribution in [0.25, 0.3) is 0 Å². The van der Waals surface area contributed by atoms with E-state index < -0.39 is 0 Å². The molecule has 1 heterocycles. The maximum absolute atomic E-state index is 10.0. The van der Waals surface area contributed by atoms with Crippen LogP contribution in [0.2, 0.25) is 0 Å². The fraction of sp³-hybridized carbons (Fsp3) is 1.00. The molecule has 1 unspecified atom stereocenters. The van der Waals surface area contributed by atoms with Crippen molar-refractivity contribution in [3.63, 3.8) is 0 Å². The zero-order valence-corrected chi connectivity index (χ0v) is 9.34. The number of rotatable bonds is 3. The van der Waals surface area contributed by atoms with Crippen LogP contribution in [-0.2, 0) is 0 Å². The van der Waals surface area contributed by atoms with Gasteiger partial charge in [-0.05, 0) is 58.5 Å². The van der Waals surface area contributed by atoms with Crippen molar-refractivity contribution >= 4 is 0 Å². The van der Waals surface area contributed by atoms with E-state index in [0.29, 0.717) is 0 Å². The lowest BCUT2D eigenvalue weighted by atomic mass is 9.76. The first-order chi connectivity index (χ1) is 6.70. The second-order valence-electron chi connectivity index (χ2n) is 5.25. The van der Waals surface area contributed by atoms with E-state index in [1.807, 2.05) is 0 Å². The van der Waals surface area contributed by atoms with Gasteiger partial charge in [0.25, 0.3) is 0 Å². The molecule has 0 spiro atoms. The van der Waals surface area contributed by atoms with E-state index in [0.717, 1.165) is 25.3 Å². The van der Waals surface area contributed by atoms with Gasteiger partial charge in [-0.15, -0.1) is 0 Å². The second kappa shape index (κ2) is 4.19. The number of hydrogen-bond acceptors (Lipinski definition) is 2. The summed E-state index contributed by atoms with van der Waals surface area (Å²) in [5.74, 6) is 0. The average molecular weight is 197 g/mol. The highest BCUT2D eigenvalue weighted by Crippen LogP contribution is 2.36. The van der Waals surface area contributed by atoms with Gasteiger partial charge in [-0.25, -0.2) is 0 Å². The van der Waals surface area contributed by atoms with E-state index in [9.17, 15) is 5.11 Å². The zero-order chi connectivity index (χ0) is 10.0. The highest BCUT2D eigenvalue weighted by molar-refractivity contribution is 4.89. The van der Waals surface area contributed by atoms with Gasteiger partial charge in [-0.2, -0.15) is 0 Å². The third-order valence-corrected chi connectivity index (χ3v) is 4.15. The molecule has 14 heavy (non-hydrogen) atoms. The second-order valence-corrected chi connectivity index (χ2v) is 5.25. The Balaban J connectivity index is 1.73. The number of nitrogens with zero attached hydrogens (tertiary/aromatic N) is 1. The molecule has 1 N–H and O–H groups in total. The minimum Gasteiger partial charge on any atom is -0.390 e. The highest BCUT2D eigenvalue weighted by Gasteiger charge is 2.35. The highest BCUT2D eigenvalue weighted by atomic mass is 16.3. The van der Waals surface area contributed by atoms with Crippen molar-refractivity contribution in [3.05, 3.63) is 0 Å². The molecule has 2 nitrogen and oxygen atoms in total. The number of hydrogen-bond donors (Lipinski definition) is 1. The van der Waals surface area contributed by atoms with Gasteiger partial charge in [0.05, 0.1) is 5.60 Å². The summed E-state index contributed by atoms with van der Waals surface area (Å²) in [5.41, 5.74) is -0.266. The van der Waals surface area contributed by atoms with Crippen molar-refractivity contribution in [2.24, 2.45) is 0 Å². The summed E-state index contributed by atoms with van der Waals surface area (Å²) in [6.45, 7) is 1.25. The molecule has 1 saturated heterocycles. The van der Waals surface area contributed by atoms with E-state index in [-0.39, 0.29) is 5.60 Å². The molecule has 2 rings (SSSR count). The molecule has 0 aromatic carbocycles. The molecule has 1 saturated carbocycles. The molecule has 1 aliphatic carbocycles. The summed E-state index contributed by atoms with van der Waals surface area (Å²) in [6.07, 6.45) is 9.64. The Morgan fingerprint density at radius 1 is 1.29 bits per heavy atom. The SMILES string of the molecule is CN1CCCCC1CCC1(O)CCC1. The molecule has 0 amide bonds. The molecular weight excluding hydrogens is 174 g/mol. The molecule has 0 bridgehead atoms. The first-order valence-corrected chi connectivity index (χ1v) is 6.12. The third kappa shape index (κ3) is 2.29. The van der Waals surface area contributed by atoms with Crippen LogP contribution in [0.3, 0.4) is 0 Å². The summed E-state index contributed by atoms with van der Waals surface area (Å²) in [4.78, 5) is 2.48. The molecule has 0 aromatic rings. The van der Waals surface area contributed by atoms with Crippen molar-refractivity contribution in [1.29, 1.82) is 0 Å². The summed E-state index contributed by atoms with van der Waals surface area (Å²) in [7, 11) is 2.23. The van der Waals surface area contributed by atoms with Crippen LogP contribution in [0, 0.1) is 0 Å². The van der Waals surface area contributed by atoms with Gasteiger partial charge in [0.1, 0.15) is 0 Å². The van der Waals surface area contributed by atoms with E-state index in [1.165, 1.54) is 38.6 Å². The normalized spacial score (nSPS) is 32.6. The van der Waals surface area contributed by atoms with Crippen LogP contribution in [0.15, 0.2) is 0 Å². The van der Waals surface area contributed by atoms with Crippen LogP contribution in [-0.4, -0.2) is 35.2 Å². The quantitative estimate of drug-likeness (QED) is 0.749. The van der Waals surface area contributed by atoms with E-state index in [1.54, 1.807) is 0 Å². The Morgan fingerprint density at radius 2 is 2.07 bits per heavy atom. The van der Waals surface area contributed by atoms with Crippen molar-refractivity contribution in [2.75, 3.05) is 13.6 Å². The Hall–Kier alpha value is -0.0800. The first-order valence-electron chi connectivity index (χ1n) is 6.12. The van der Waals surface area contributed by atoms with E-state index in [4.69, 9.17) is 0 Å². The van der Waals surface area contributed by atoms with Gasteiger partial charge in [-0.1, -0.05) is 6.42 Å². The number of likely N-dealkylation sites (tertiary alicyclic amines) is 1. The summed E-state index contributed by atoms with van der Waals surface area (Å²) in [6, 6.07) is 0.744. The standard InChI is InChI=1S/C12H23NO/c1-13-10-3-2-5-11(13)6-9-12(14)7-4-8-12/h11,14H,2-10H2,1H3. The molecular formula is C12H23NO. The Morgan fingerprint density at radius 3 is 2.64 bits per heavy atom. The van der Waals surface area contributed by atoms with Crippen molar-refractivity contribution in [1.82, 2.24) is 4.90 Å². The monoisotopic (exact) mass is 197 g/mol.